The molecule has 0 aliphatic carbocycles. The van der Waals surface area contributed by atoms with E-state index in [0.717, 1.165) is 5.75 Å². The maximum atomic E-state index is 5.34. The third-order valence-electron chi connectivity index (χ3n) is 1.55. The Morgan fingerprint density at radius 3 is 2.67 bits per heavy atom. The zero-order valence-corrected chi connectivity index (χ0v) is 7.04. The van der Waals surface area contributed by atoms with Crippen LogP contribution in [0.25, 0.3) is 6.08 Å². The summed E-state index contributed by atoms with van der Waals surface area (Å²) in [4.78, 5) is 0. The fourth-order valence-corrected chi connectivity index (χ4v) is 1.06. The Morgan fingerprint density at radius 2 is 1.92 bits per heavy atom. The van der Waals surface area contributed by atoms with Crippen LogP contribution < -0.4 is 4.74 Å². The quantitative estimate of drug-likeness (QED) is 0.570. The summed E-state index contributed by atoms with van der Waals surface area (Å²) in [6, 6.07) is 8.03. The summed E-state index contributed by atoms with van der Waals surface area (Å²) in [5.41, 5.74) is 1.17. The van der Waals surface area contributed by atoms with E-state index in [9.17, 15) is 0 Å². The molecule has 1 aromatic carbocycles. The second-order valence-corrected chi connectivity index (χ2v) is 2.25. The van der Waals surface area contributed by atoms with Gasteiger partial charge in [-0.1, -0.05) is 24.3 Å². The molecule has 2 rings (SSSR count). The molecule has 0 bridgehead atoms. The predicted molar refractivity (Wildman–Crippen MR) is 48.1 cm³/mol. The number of para-hydroxylation sites is 1. The zero-order valence-electron chi connectivity index (χ0n) is 5.93. The third-order valence-corrected chi connectivity index (χ3v) is 1.55. The summed E-state index contributed by atoms with van der Waals surface area (Å²) in [7, 11) is 0. The van der Waals surface area contributed by atoms with Crippen LogP contribution in [-0.4, -0.2) is 25.5 Å². The third kappa shape index (κ3) is 2.44. The van der Waals surface area contributed by atoms with Crippen molar-refractivity contribution in [2.75, 3.05) is 6.61 Å². The SMILES string of the molecule is C1=Cc2ccccc2OC1.[Fe].[LiH]. The molecule has 0 N–H and O–H groups in total. The van der Waals surface area contributed by atoms with Gasteiger partial charge in [-0.05, 0) is 12.1 Å². The van der Waals surface area contributed by atoms with Crippen LogP contribution in [0.1, 0.15) is 5.56 Å². The number of fused-ring (bicyclic) bond motifs is 1. The molecule has 0 saturated carbocycles. The molecule has 0 atom stereocenters. The summed E-state index contributed by atoms with van der Waals surface area (Å²) < 4.78 is 5.34. The van der Waals surface area contributed by atoms with Gasteiger partial charge in [0.05, 0.1) is 0 Å². The normalized spacial score (nSPS) is 11.7. The van der Waals surface area contributed by atoms with E-state index >= 15 is 0 Å². The van der Waals surface area contributed by atoms with E-state index in [1.165, 1.54) is 5.56 Å². The number of hydrogen-bond donors (Lipinski definition) is 0. The molecule has 1 aliphatic heterocycles. The molecule has 0 radical (unpaired) electrons. The maximum absolute atomic E-state index is 5.34. The molecule has 1 aromatic rings. The van der Waals surface area contributed by atoms with E-state index in [1.54, 1.807) is 0 Å². The minimum absolute atomic E-state index is 0. The first-order valence-corrected chi connectivity index (χ1v) is 3.35. The van der Waals surface area contributed by atoms with Gasteiger partial charge in [0.1, 0.15) is 12.4 Å². The number of rotatable bonds is 0. The molecule has 1 aliphatic rings. The Bertz CT molecular complexity index is 273. The first kappa shape index (κ1) is 11.9. The molecule has 0 aromatic heterocycles. The summed E-state index contributed by atoms with van der Waals surface area (Å²) in [5.74, 6) is 0.991. The monoisotopic (exact) mass is 196 g/mol. The number of ether oxygens (including phenoxy) is 1. The molecule has 12 heavy (non-hydrogen) atoms. The average molecular weight is 196 g/mol. The van der Waals surface area contributed by atoms with Gasteiger partial charge in [-0.15, -0.1) is 0 Å². The molecule has 1 nitrogen and oxygen atoms in total. The van der Waals surface area contributed by atoms with Gasteiger partial charge in [-0.25, -0.2) is 0 Å². The second kappa shape index (κ2) is 5.51. The van der Waals surface area contributed by atoms with Crippen molar-refractivity contribution < 1.29 is 21.8 Å². The van der Waals surface area contributed by atoms with Gasteiger partial charge in [0.25, 0.3) is 0 Å². The van der Waals surface area contributed by atoms with Gasteiger partial charge in [-0.2, -0.15) is 0 Å². The fraction of sp³-hybridized carbons (Fsp3) is 0.111. The Morgan fingerprint density at radius 1 is 1.17 bits per heavy atom. The van der Waals surface area contributed by atoms with Gasteiger partial charge >= 0.3 is 18.9 Å². The van der Waals surface area contributed by atoms with Crippen molar-refractivity contribution in [3.63, 3.8) is 0 Å². The summed E-state index contributed by atoms with van der Waals surface area (Å²) in [6.07, 6.45) is 4.10. The Balaban J connectivity index is 0.000000605. The van der Waals surface area contributed by atoms with E-state index in [4.69, 9.17) is 4.74 Å². The van der Waals surface area contributed by atoms with Crippen molar-refractivity contribution in [3.8, 4) is 5.75 Å². The van der Waals surface area contributed by atoms with Gasteiger partial charge in [-0.3, -0.25) is 0 Å². The van der Waals surface area contributed by atoms with Gasteiger partial charge < -0.3 is 4.74 Å². The van der Waals surface area contributed by atoms with E-state index < -0.39 is 0 Å². The second-order valence-electron chi connectivity index (χ2n) is 2.25. The van der Waals surface area contributed by atoms with E-state index in [1.807, 2.05) is 30.3 Å². The van der Waals surface area contributed by atoms with Crippen LogP contribution in [0.5, 0.6) is 5.75 Å². The molecular formula is C9H9FeLiO. The van der Waals surface area contributed by atoms with Crippen molar-refractivity contribution in [1.29, 1.82) is 0 Å². The van der Waals surface area contributed by atoms with Crippen LogP contribution in [0, 0.1) is 0 Å². The average Bonchev–Trinajstić information content (AvgIpc) is 2.05. The molecule has 0 spiro atoms. The Labute approximate surface area is 94.8 Å². The van der Waals surface area contributed by atoms with Crippen LogP contribution >= 0.6 is 0 Å². The van der Waals surface area contributed by atoms with Gasteiger partial charge in [0.15, 0.2) is 0 Å². The van der Waals surface area contributed by atoms with Crippen LogP contribution in [0.4, 0.5) is 0 Å². The van der Waals surface area contributed by atoms with Crippen LogP contribution in [0.15, 0.2) is 30.3 Å². The zero-order chi connectivity index (χ0) is 6.81. The van der Waals surface area contributed by atoms with Gasteiger partial charge in [0, 0.05) is 22.6 Å². The first-order valence-electron chi connectivity index (χ1n) is 3.35. The summed E-state index contributed by atoms with van der Waals surface area (Å²) in [5, 5.41) is 0. The van der Waals surface area contributed by atoms with Crippen LogP contribution in [0.2, 0.25) is 0 Å². The summed E-state index contributed by atoms with van der Waals surface area (Å²) in [6.45, 7) is 0.705. The summed E-state index contributed by atoms with van der Waals surface area (Å²) >= 11 is 0. The standard InChI is InChI=1S/C9H8O.Fe.Li.H/c1-2-6-9-8(4-1)5-3-7-10-9;;;/h1-6H,7H2;;;. The molecule has 0 amide bonds. The molecule has 1 heterocycles. The Kier molecular flexibility index (Phi) is 5.45. The van der Waals surface area contributed by atoms with Gasteiger partial charge in [0.2, 0.25) is 0 Å². The molecule has 0 saturated heterocycles. The van der Waals surface area contributed by atoms with E-state index in [0.29, 0.717) is 6.61 Å². The number of hydrogen-bond acceptors (Lipinski definition) is 1. The minimum atomic E-state index is 0. The molecular weight excluding hydrogens is 187 g/mol. The van der Waals surface area contributed by atoms with Crippen molar-refractivity contribution >= 4 is 24.9 Å². The molecule has 0 fully saturated rings. The first-order chi connectivity index (χ1) is 4.97. The number of benzene rings is 1. The van der Waals surface area contributed by atoms with Crippen molar-refractivity contribution in [3.05, 3.63) is 35.9 Å². The Hall–Kier alpha value is -0.123. The van der Waals surface area contributed by atoms with E-state index in [2.05, 4.69) is 6.08 Å². The van der Waals surface area contributed by atoms with Crippen molar-refractivity contribution in [2.24, 2.45) is 0 Å². The fourth-order valence-electron chi connectivity index (χ4n) is 1.06. The molecule has 3 heteroatoms. The van der Waals surface area contributed by atoms with Crippen LogP contribution in [0.3, 0.4) is 0 Å². The molecule has 0 unspecified atom stereocenters. The molecule has 60 valence electrons. The van der Waals surface area contributed by atoms with Crippen molar-refractivity contribution in [1.82, 2.24) is 0 Å². The topological polar surface area (TPSA) is 9.23 Å². The van der Waals surface area contributed by atoms with Crippen molar-refractivity contribution in [2.45, 2.75) is 0 Å². The van der Waals surface area contributed by atoms with E-state index in [-0.39, 0.29) is 35.9 Å². The van der Waals surface area contributed by atoms with Crippen LogP contribution in [-0.2, 0) is 17.1 Å². The predicted octanol–water partition coefficient (Wildman–Crippen LogP) is 1.44.